The number of para-hydroxylation sites is 1. The molecule has 2 heterocycles. The molecule has 3 rings (SSSR count). The fourth-order valence-electron chi connectivity index (χ4n) is 3.73. The van der Waals surface area contributed by atoms with Crippen LogP contribution < -0.4 is 0 Å². The summed E-state index contributed by atoms with van der Waals surface area (Å²) >= 11 is 6.44. The lowest BCUT2D eigenvalue weighted by molar-refractivity contribution is -0.149. The summed E-state index contributed by atoms with van der Waals surface area (Å²) in [6.45, 7) is 7.25. The van der Waals surface area contributed by atoms with E-state index in [1.807, 2.05) is 37.3 Å². The summed E-state index contributed by atoms with van der Waals surface area (Å²) in [7, 11) is 0. The highest BCUT2D eigenvalue weighted by atomic mass is 35.5. The Balaban J connectivity index is 1.60. The van der Waals surface area contributed by atoms with Crippen LogP contribution in [0.5, 0.6) is 0 Å². The second-order valence-corrected chi connectivity index (χ2v) is 8.08. The number of nitrogens with zero attached hydrogens (tertiary/aromatic N) is 3. The Morgan fingerprint density at radius 1 is 1.21 bits per heavy atom. The van der Waals surface area contributed by atoms with Crippen molar-refractivity contribution in [3.05, 3.63) is 52.8 Å². The van der Waals surface area contributed by atoms with Gasteiger partial charge in [0.15, 0.2) is 6.61 Å². The number of rotatable bonds is 5. The zero-order valence-electron chi connectivity index (χ0n) is 17.0. The summed E-state index contributed by atoms with van der Waals surface area (Å²) in [5, 5.41) is 4.84. The van der Waals surface area contributed by atoms with Crippen molar-refractivity contribution in [3.63, 3.8) is 0 Å². The number of aryl methyl sites for hydroxylation is 1. The van der Waals surface area contributed by atoms with Gasteiger partial charge >= 0.3 is 5.97 Å². The Bertz CT molecular complexity index is 898. The zero-order valence-corrected chi connectivity index (χ0v) is 17.7. The summed E-state index contributed by atoms with van der Waals surface area (Å²) in [6.07, 6.45) is 3.96. The van der Waals surface area contributed by atoms with Gasteiger partial charge in [-0.15, -0.1) is 0 Å². The first-order valence-electron chi connectivity index (χ1n) is 9.78. The van der Waals surface area contributed by atoms with Crippen LogP contribution in [0.4, 0.5) is 0 Å². The van der Waals surface area contributed by atoms with Gasteiger partial charge in [0.1, 0.15) is 5.15 Å². The molecule has 7 heteroatoms. The monoisotopic (exact) mass is 415 g/mol. The Morgan fingerprint density at radius 2 is 1.86 bits per heavy atom. The third kappa shape index (κ3) is 5.26. The van der Waals surface area contributed by atoms with E-state index in [-0.39, 0.29) is 12.5 Å². The molecule has 0 saturated carbocycles. The number of benzene rings is 1. The van der Waals surface area contributed by atoms with Crippen LogP contribution in [0.1, 0.15) is 31.5 Å². The minimum Gasteiger partial charge on any atom is -0.452 e. The summed E-state index contributed by atoms with van der Waals surface area (Å²) in [5.41, 5.74) is 2.16. The van der Waals surface area contributed by atoms with Gasteiger partial charge in [-0.1, -0.05) is 43.6 Å². The maximum Gasteiger partial charge on any atom is 0.331 e. The molecule has 6 nitrogen and oxygen atoms in total. The van der Waals surface area contributed by atoms with Gasteiger partial charge in [-0.25, -0.2) is 9.48 Å². The SMILES string of the molecule is Cc1nn(-c2ccccc2)c(Cl)c1/C=C/C(=O)OCC(=O)N1C[C@@H](C)C[C@H](C)C1. The smallest absolute Gasteiger partial charge is 0.331 e. The van der Waals surface area contributed by atoms with Crippen LogP contribution in [0.25, 0.3) is 11.8 Å². The summed E-state index contributed by atoms with van der Waals surface area (Å²) < 4.78 is 6.75. The van der Waals surface area contributed by atoms with Crippen molar-refractivity contribution in [1.82, 2.24) is 14.7 Å². The Kier molecular flexibility index (Phi) is 6.75. The molecule has 0 spiro atoms. The molecule has 154 valence electrons. The highest BCUT2D eigenvalue weighted by Gasteiger charge is 2.25. The van der Waals surface area contributed by atoms with Crippen LogP contribution in [-0.4, -0.2) is 46.3 Å². The molecule has 0 unspecified atom stereocenters. The number of hydrogen-bond donors (Lipinski definition) is 0. The van der Waals surface area contributed by atoms with E-state index in [2.05, 4.69) is 18.9 Å². The lowest BCUT2D eigenvalue weighted by atomic mass is 9.92. The van der Waals surface area contributed by atoms with E-state index in [1.54, 1.807) is 15.7 Å². The maximum absolute atomic E-state index is 12.3. The largest absolute Gasteiger partial charge is 0.452 e. The van der Waals surface area contributed by atoms with E-state index in [9.17, 15) is 9.59 Å². The van der Waals surface area contributed by atoms with Gasteiger partial charge in [-0.2, -0.15) is 5.10 Å². The van der Waals surface area contributed by atoms with E-state index >= 15 is 0 Å². The second-order valence-electron chi connectivity index (χ2n) is 7.72. The van der Waals surface area contributed by atoms with Gasteiger partial charge in [0.05, 0.1) is 11.4 Å². The standard InChI is InChI=1S/C22H26ClN3O3/c1-15-11-16(2)13-25(12-15)20(27)14-29-21(28)10-9-19-17(3)24-26(22(19)23)18-7-5-4-6-8-18/h4-10,15-16H,11-14H2,1-3H3/b10-9+/t15-,16-/m0/s1. The highest BCUT2D eigenvalue weighted by Crippen LogP contribution is 2.25. The Hall–Kier alpha value is -2.60. The first-order chi connectivity index (χ1) is 13.8. The lowest BCUT2D eigenvalue weighted by Gasteiger charge is -2.34. The predicted molar refractivity (Wildman–Crippen MR) is 113 cm³/mol. The number of carbonyl (C=O) groups excluding carboxylic acids is 2. The van der Waals surface area contributed by atoms with E-state index in [0.29, 0.717) is 41.3 Å². The predicted octanol–water partition coefficient (Wildman–Crippen LogP) is 3.90. The molecule has 0 bridgehead atoms. The van der Waals surface area contributed by atoms with Gasteiger partial charge in [-0.3, -0.25) is 4.79 Å². The maximum atomic E-state index is 12.3. The van der Waals surface area contributed by atoms with E-state index in [4.69, 9.17) is 16.3 Å². The van der Waals surface area contributed by atoms with Gasteiger partial charge in [0, 0.05) is 24.7 Å². The van der Waals surface area contributed by atoms with E-state index in [1.165, 1.54) is 6.08 Å². The molecule has 2 atom stereocenters. The summed E-state index contributed by atoms with van der Waals surface area (Å²) in [5.74, 6) is 0.185. The quantitative estimate of drug-likeness (QED) is 0.548. The topological polar surface area (TPSA) is 64.4 Å². The summed E-state index contributed by atoms with van der Waals surface area (Å²) in [6, 6.07) is 9.51. The van der Waals surface area contributed by atoms with Crippen molar-refractivity contribution in [2.75, 3.05) is 19.7 Å². The molecule has 1 aliphatic rings. The third-order valence-corrected chi connectivity index (χ3v) is 5.36. The number of piperidine rings is 1. The molecule has 1 saturated heterocycles. The Labute approximate surface area is 176 Å². The molecule has 0 aliphatic carbocycles. The molecule has 0 radical (unpaired) electrons. The molecule has 1 aromatic heterocycles. The average molecular weight is 416 g/mol. The number of amides is 1. The van der Waals surface area contributed by atoms with Crippen LogP contribution in [0.2, 0.25) is 5.15 Å². The van der Waals surface area contributed by atoms with Crippen LogP contribution >= 0.6 is 11.6 Å². The fourth-order valence-corrected chi connectivity index (χ4v) is 4.07. The number of esters is 1. The molecular weight excluding hydrogens is 390 g/mol. The van der Waals surface area contributed by atoms with Crippen LogP contribution in [0, 0.1) is 18.8 Å². The van der Waals surface area contributed by atoms with Gasteiger partial charge < -0.3 is 9.64 Å². The number of likely N-dealkylation sites (tertiary alicyclic amines) is 1. The van der Waals surface area contributed by atoms with Crippen molar-refractivity contribution in [3.8, 4) is 5.69 Å². The van der Waals surface area contributed by atoms with Crippen molar-refractivity contribution < 1.29 is 14.3 Å². The van der Waals surface area contributed by atoms with Gasteiger partial charge in [0.25, 0.3) is 5.91 Å². The number of hydrogen-bond acceptors (Lipinski definition) is 4. The van der Waals surface area contributed by atoms with Crippen molar-refractivity contribution in [1.29, 1.82) is 0 Å². The van der Waals surface area contributed by atoms with Crippen molar-refractivity contribution in [2.45, 2.75) is 27.2 Å². The second kappa shape index (κ2) is 9.27. The van der Waals surface area contributed by atoms with Crippen molar-refractivity contribution >= 4 is 29.6 Å². The van der Waals surface area contributed by atoms with Crippen LogP contribution in [0.15, 0.2) is 36.4 Å². The molecule has 1 aromatic carbocycles. The number of ether oxygens (including phenoxy) is 1. The molecule has 0 N–H and O–H groups in total. The zero-order chi connectivity index (χ0) is 21.0. The molecule has 1 aliphatic heterocycles. The third-order valence-electron chi connectivity index (χ3n) is 4.99. The Morgan fingerprint density at radius 3 is 2.52 bits per heavy atom. The normalized spacial score (nSPS) is 19.5. The van der Waals surface area contributed by atoms with Crippen LogP contribution in [-0.2, 0) is 14.3 Å². The minimum absolute atomic E-state index is 0.156. The lowest BCUT2D eigenvalue weighted by Crippen LogP contribution is -2.44. The fraction of sp³-hybridized carbons (Fsp3) is 0.409. The van der Waals surface area contributed by atoms with Crippen molar-refractivity contribution in [2.24, 2.45) is 11.8 Å². The van der Waals surface area contributed by atoms with Gasteiger partial charge in [-0.05, 0) is 43.4 Å². The summed E-state index contributed by atoms with van der Waals surface area (Å²) in [4.78, 5) is 26.2. The molecule has 2 aromatic rings. The number of halogens is 1. The first-order valence-corrected chi connectivity index (χ1v) is 10.2. The average Bonchev–Trinajstić information content (AvgIpc) is 2.98. The van der Waals surface area contributed by atoms with Crippen LogP contribution in [0.3, 0.4) is 0 Å². The molecule has 29 heavy (non-hydrogen) atoms. The van der Waals surface area contributed by atoms with E-state index in [0.717, 1.165) is 12.1 Å². The molecule has 1 fully saturated rings. The molecular formula is C22H26ClN3O3. The number of carbonyl (C=O) groups is 2. The first kappa shape index (κ1) is 21.1. The van der Waals surface area contributed by atoms with E-state index < -0.39 is 5.97 Å². The highest BCUT2D eigenvalue weighted by molar-refractivity contribution is 6.31. The molecule has 1 amide bonds. The minimum atomic E-state index is -0.584. The number of aromatic nitrogens is 2. The van der Waals surface area contributed by atoms with Gasteiger partial charge in [0.2, 0.25) is 0 Å².